The molecule has 0 aliphatic carbocycles. The van der Waals surface area contributed by atoms with Crippen molar-refractivity contribution in [2.45, 2.75) is 23.6 Å². The van der Waals surface area contributed by atoms with Gasteiger partial charge in [-0.05, 0) is 48.9 Å². The van der Waals surface area contributed by atoms with Crippen molar-refractivity contribution < 1.29 is 19.3 Å². The molecule has 0 spiro atoms. The van der Waals surface area contributed by atoms with E-state index in [2.05, 4.69) is 5.16 Å². The van der Waals surface area contributed by atoms with Gasteiger partial charge in [0.25, 0.3) is 5.69 Å². The van der Waals surface area contributed by atoms with Crippen LogP contribution in [0.4, 0.5) is 5.69 Å². The maximum atomic E-state index is 13.1. The average Bonchev–Trinajstić information content (AvgIpc) is 2.75. The number of hydrogen-bond donors (Lipinski definition) is 0. The number of carbonyl (C=O) groups excluding carboxylic acids is 2. The van der Waals surface area contributed by atoms with Crippen molar-refractivity contribution in [1.29, 1.82) is 0 Å². The van der Waals surface area contributed by atoms with E-state index in [1.165, 1.54) is 30.8 Å². The lowest BCUT2D eigenvalue weighted by Crippen LogP contribution is -2.18. The van der Waals surface area contributed by atoms with E-state index in [1.54, 1.807) is 48.5 Å². The molecule has 156 valence electrons. The fourth-order valence-corrected chi connectivity index (χ4v) is 3.56. The molecule has 0 heterocycles. The van der Waals surface area contributed by atoms with Crippen LogP contribution in [0.1, 0.15) is 28.4 Å². The van der Waals surface area contributed by atoms with Gasteiger partial charge in [-0.25, -0.2) is 4.79 Å². The molecule has 3 aromatic rings. The van der Waals surface area contributed by atoms with Crippen molar-refractivity contribution in [2.75, 3.05) is 0 Å². The SMILES string of the molecule is CC(=O)O/N=C(/C(=O)c1ccc(Sc2ccc([N+](=O)[O-])cc2)cc1)c1ccccc1C. The molecule has 0 aliphatic rings. The average molecular weight is 434 g/mol. The molecule has 31 heavy (non-hydrogen) atoms. The number of nitro benzene ring substituents is 1. The number of Topliss-reactive ketones (excluding diaryl/α,β-unsaturated/α-hetero) is 1. The number of oxime groups is 1. The van der Waals surface area contributed by atoms with Crippen LogP contribution in [0.25, 0.3) is 0 Å². The van der Waals surface area contributed by atoms with Gasteiger partial charge in [-0.2, -0.15) is 0 Å². The smallest absolute Gasteiger partial charge is 0.318 e. The minimum Gasteiger partial charge on any atom is -0.318 e. The lowest BCUT2D eigenvalue weighted by atomic mass is 9.97. The third-order valence-corrected chi connectivity index (χ3v) is 5.30. The Morgan fingerprint density at radius 2 is 1.52 bits per heavy atom. The van der Waals surface area contributed by atoms with Crippen molar-refractivity contribution in [1.82, 2.24) is 0 Å². The summed E-state index contributed by atoms with van der Waals surface area (Å²) in [5.74, 6) is -0.990. The largest absolute Gasteiger partial charge is 0.332 e. The van der Waals surface area contributed by atoms with Gasteiger partial charge in [0.15, 0.2) is 5.71 Å². The Morgan fingerprint density at radius 1 is 0.935 bits per heavy atom. The van der Waals surface area contributed by atoms with Gasteiger partial charge in [-0.1, -0.05) is 41.2 Å². The van der Waals surface area contributed by atoms with Crippen molar-refractivity contribution in [3.63, 3.8) is 0 Å². The fraction of sp³-hybridized carbons (Fsp3) is 0.0870. The van der Waals surface area contributed by atoms with E-state index in [4.69, 9.17) is 4.84 Å². The fourth-order valence-electron chi connectivity index (χ4n) is 2.74. The van der Waals surface area contributed by atoms with Crippen LogP contribution in [0.5, 0.6) is 0 Å². The number of ketones is 1. The van der Waals surface area contributed by atoms with Crippen LogP contribution in [0.15, 0.2) is 87.7 Å². The molecule has 0 saturated carbocycles. The van der Waals surface area contributed by atoms with E-state index in [-0.39, 0.29) is 17.2 Å². The van der Waals surface area contributed by atoms with Crippen LogP contribution >= 0.6 is 11.8 Å². The first-order valence-corrected chi connectivity index (χ1v) is 10.1. The third-order valence-electron chi connectivity index (χ3n) is 4.28. The van der Waals surface area contributed by atoms with Crippen LogP contribution in [-0.2, 0) is 9.63 Å². The molecule has 3 rings (SSSR count). The number of hydrogen-bond acceptors (Lipinski definition) is 7. The Hall–Kier alpha value is -3.78. The minimum atomic E-state index is -0.617. The molecular weight excluding hydrogens is 416 g/mol. The Balaban J connectivity index is 1.83. The number of rotatable bonds is 7. The molecule has 0 amide bonds. The van der Waals surface area contributed by atoms with E-state index >= 15 is 0 Å². The second-order valence-electron chi connectivity index (χ2n) is 6.54. The molecule has 0 atom stereocenters. The predicted octanol–water partition coefficient (Wildman–Crippen LogP) is 5.20. The molecule has 0 unspecified atom stereocenters. The topological polar surface area (TPSA) is 98.9 Å². The van der Waals surface area contributed by atoms with Crippen molar-refractivity contribution >= 4 is 34.9 Å². The molecule has 0 aromatic heterocycles. The van der Waals surface area contributed by atoms with Gasteiger partial charge in [0.2, 0.25) is 5.78 Å². The quantitative estimate of drug-likeness (QED) is 0.167. The van der Waals surface area contributed by atoms with Gasteiger partial charge in [0.05, 0.1) is 4.92 Å². The summed E-state index contributed by atoms with van der Waals surface area (Å²) in [4.78, 5) is 41.1. The molecule has 0 fully saturated rings. The van der Waals surface area contributed by atoms with Crippen LogP contribution in [0.3, 0.4) is 0 Å². The van der Waals surface area contributed by atoms with Crippen LogP contribution in [0, 0.1) is 17.0 Å². The van der Waals surface area contributed by atoms with Gasteiger partial charge < -0.3 is 4.84 Å². The Labute approximate surface area is 182 Å². The van der Waals surface area contributed by atoms with Crippen LogP contribution < -0.4 is 0 Å². The van der Waals surface area contributed by atoms with Gasteiger partial charge in [0.1, 0.15) is 0 Å². The molecule has 0 saturated heterocycles. The number of nitro groups is 1. The Kier molecular flexibility index (Phi) is 6.94. The van der Waals surface area contributed by atoms with Crippen molar-refractivity contribution in [2.24, 2.45) is 5.16 Å². The lowest BCUT2D eigenvalue weighted by molar-refractivity contribution is -0.384. The number of aryl methyl sites for hydroxylation is 1. The molecule has 8 heteroatoms. The van der Waals surface area contributed by atoms with Gasteiger partial charge >= 0.3 is 5.97 Å². The van der Waals surface area contributed by atoms with E-state index in [0.717, 1.165) is 15.4 Å². The second-order valence-corrected chi connectivity index (χ2v) is 7.69. The van der Waals surface area contributed by atoms with E-state index in [1.807, 2.05) is 19.1 Å². The number of carbonyl (C=O) groups is 2. The highest BCUT2D eigenvalue weighted by Crippen LogP contribution is 2.29. The number of benzene rings is 3. The maximum absolute atomic E-state index is 13.1. The van der Waals surface area contributed by atoms with Gasteiger partial charge in [0, 0.05) is 40.0 Å². The second kappa shape index (κ2) is 9.82. The molecule has 3 aromatic carbocycles. The van der Waals surface area contributed by atoms with E-state index < -0.39 is 10.9 Å². The predicted molar refractivity (Wildman–Crippen MR) is 117 cm³/mol. The molecule has 0 bridgehead atoms. The van der Waals surface area contributed by atoms with Gasteiger partial charge in [-0.15, -0.1) is 0 Å². The maximum Gasteiger partial charge on any atom is 0.332 e. The summed E-state index contributed by atoms with van der Waals surface area (Å²) in [6, 6.07) is 20.3. The summed E-state index contributed by atoms with van der Waals surface area (Å²) in [6.07, 6.45) is 0. The number of non-ortho nitro benzene ring substituents is 1. The summed E-state index contributed by atoms with van der Waals surface area (Å²) in [5.41, 5.74) is 1.87. The summed E-state index contributed by atoms with van der Waals surface area (Å²) >= 11 is 1.42. The normalized spacial score (nSPS) is 11.1. The first kappa shape index (κ1) is 21.9. The Morgan fingerprint density at radius 3 is 2.06 bits per heavy atom. The molecule has 0 N–H and O–H groups in total. The zero-order chi connectivity index (χ0) is 22.4. The lowest BCUT2D eigenvalue weighted by Gasteiger charge is -2.09. The van der Waals surface area contributed by atoms with E-state index in [9.17, 15) is 19.7 Å². The number of nitrogens with zero attached hydrogens (tertiary/aromatic N) is 2. The summed E-state index contributed by atoms with van der Waals surface area (Å²) < 4.78 is 0. The highest BCUT2D eigenvalue weighted by molar-refractivity contribution is 7.99. The zero-order valence-electron chi connectivity index (χ0n) is 16.8. The summed E-state index contributed by atoms with van der Waals surface area (Å²) in [7, 11) is 0. The van der Waals surface area contributed by atoms with Gasteiger partial charge in [-0.3, -0.25) is 14.9 Å². The minimum absolute atomic E-state index is 0.0288. The highest BCUT2D eigenvalue weighted by atomic mass is 32.2. The molecule has 0 aliphatic heterocycles. The standard InChI is InChI=1S/C23H18N2O5S/c1-15-5-3-4-6-21(15)22(24-30-16(2)26)23(27)17-7-11-19(12-8-17)31-20-13-9-18(10-14-20)25(28)29/h3-14H,1-2H3/b24-22+. The summed E-state index contributed by atoms with van der Waals surface area (Å²) in [6.45, 7) is 3.06. The molecular formula is C23H18N2O5S. The highest BCUT2D eigenvalue weighted by Gasteiger charge is 2.19. The molecule has 0 radical (unpaired) electrons. The Bertz CT molecular complexity index is 1160. The first-order chi connectivity index (χ1) is 14.8. The monoisotopic (exact) mass is 434 g/mol. The molecule has 7 nitrogen and oxygen atoms in total. The summed E-state index contributed by atoms with van der Waals surface area (Å²) in [5, 5.41) is 14.6. The van der Waals surface area contributed by atoms with Crippen molar-refractivity contribution in [3.8, 4) is 0 Å². The van der Waals surface area contributed by atoms with Crippen LogP contribution in [-0.4, -0.2) is 22.4 Å². The van der Waals surface area contributed by atoms with Crippen molar-refractivity contribution in [3.05, 3.63) is 99.6 Å². The third kappa shape index (κ3) is 5.64. The zero-order valence-corrected chi connectivity index (χ0v) is 17.6. The van der Waals surface area contributed by atoms with Crippen LogP contribution in [0.2, 0.25) is 0 Å². The van der Waals surface area contributed by atoms with E-state index in [0.29, 0.717) is 11.1 Å². The first-order valence-electron chi connectivity index (χ1n) is 9.24.